The Balaban J connectivity index is 1.76. The van der Waals surface area contributed by atoms with Crippen molar-refractivity contribution >= 4 is 11.5 Å². The summed E-state index contributed by atoms with van der Waals surface area (Å²) < 4.78 is 0. The second-order valence-corrected chi connectivity index (χ2v) is 5.34. The van der Waals surface area contributed by atoms with Gasteiger partial charge in [0.25, 0.3) is 0 Å². The Kier molecular flexibility index (Phi) is 4.42. The largest absolute Gasteiger partial charge is 0.396 e. The van der Waals surface area contributed by atoms with Crippen LogP contribution in [0.25, 0.3) is 0 Å². The molecule has 1 fully saturated rings. The molecule has 4 nitrogen and oxygen atoms in total. The zero-order chi connectivity index (χ0) is 13.0. The minimum Gasteiger partial charge on any atom is -0.396 e. The Bertz CT molecular complexity index is 383. The van der Waals surface area contributed by atoms with Gasteiger partial charge < -0.3 is 16.0 Å². The zero-order valence-corrected chi connectivity index (χ0v) is 11.4. The van der Waals surface area contributed by atoms with E-state index in [1.54, 1.807) is 0 Å². The van der Waals surface area contributed by atoms with Crippen molar-refractivity contribution in [2.75, 3.05) is 37.2 Å². The van der Waals surface area contributed by atoms with Crippen LogP contribution in [0, 0.1) is 12.8 Å². The predicted molar refractivity (Wildman–Crippen MR) is 76.7 cm³/mol. The number of hydrogen-bond donors (Lipinski definition) is 2. The Morgan fingerprint density at radius 2 is 2.11 bits per heavy atom. The van der Waals surface area contributed by atoms with Gasteiger partial charge in [0.2, 0.25) is 0 Å². The van der Waals surface area contributed by atoms with Crippen LogP contribution in [0.4, 0.5) is 11.5 Å². The molecule has 4 heteroatoms. The van der Waals surface area contributed by atoms with E-state index in [9.17, 15) is 0 Å². The van der Waals surface area contributed by atoms with Crippen LogP contribution >= 0.6 is 0 Å². The van der Waals surface area contributed by atoms with E-state index in [1.807, 2.05) is 19.1 Å². The SMILES string of the molecule is Cc1ccc(N)c(NCCN2CCC(C)CC2)n1. The standard InChI is InChI=1S/C14H24N4/c1-11-5-8-18(9-6-11)10-7-16-14-13(15)4-3-12(2)17-14/h3-4,11H,5-10,15H2,1-2H3,(H,16,17). The van der Waals surface area contributed by atoms with Gasteiger partial charge in [0, 0.05) is 18.8 Å². The third kappa shape index (κ3) is 3.60. The molecule has 0 aromatic carbocycles. The first-order valence-electron chi connectivity index (χ1n) is 6.84. The second kappa shape index (κ2) is 6.05. The molecule has 1 aromatic rings. The lowest BCUT2D eigenvalue weighted by Crippen LogP contribution is -2.36. The Morgan fingerprint density at radius 1 is 1.39 bits per heavy atom. The molecular formula is C14H24N4. The lowest BCUT2D eigenvalue weighted by molar-refractivity contribution is 0.199. The number of nitrogen functional groups attached to an aromatic ring is 1. The van der Waals surface area contributed by atoms with Crippen molar-refractivity contribution in [2.45, 2.75) is 26.7 Å². The van der Waals surface area contributed by atoms with Crippen molar-refractivity contribution in [2.24, 2.45) is 5.92 Å². The molecule has 0 unspecified atom stereocenters. The molecule has 3 N–H and O–H groups in total. The topological polar surface area (TPSA) is 54.2 Å². The van der Waals surface area contributed by atoms with Crippen molar-refractivity contribution in [3.05, 3.63) is 17.8 Å². The molecule has 100 valence electrons. The lowest BCUT2D eigenvalue weighted by atomic mass is 9.99. The van der Waals surface area contributed by atoms with Crippen molar-refractivity contribution in [3.8, 4) is 0 Å². The van der Waals surface area contributed by atoms with Gasteiger partial charge >= 0.3 is 0 Å². The number of pyridine rings is 1. The van der Waals surface area contributed by atoms with Crippen LogP contribution in [0.3, 0.4) is 0 Å². The summed E-state index contributed by atoms with van der Waals surface area (Å²) in [7, 11) is 0. The molecule has 0 aliphatic carbocycles. The number of anilines is 2. The summed E-state index contributed by atoms with van der Waals surface area (Å²) in [6.07, 6.45) is 2.65. The van der Waals surface area contributed by atoms with Gasteiger partial charge in [0.15, 0.2) is 0 Å². The van der Waals surface area contributed by atoms with Crippen LogP contribution in [0.2, 0.25) is 0 Å². The van der Waals surface area contributed by atoms with Gasteiger partial charge in [0.05, 0.1) is 5.69 Å². The quantitative estimate of drug-likeness (QED) is 0.857. The van der Waals surface area contributed by atoms with Crippen LogP contribution in [-0.2, 0) is 0 Å². The van der Waals surface area contributed by atoms with Gasteiger partial charge in [-0.1, -0.05) is 6.92 Å². The summed E-state index contributed by atoms with van der Waals surface area (Å²) in [6.45, 7) is 8.75. The molecule has 0 spiro atoms. The molecule has 1 aliphatic rings. The van der Waals surface area contributed by atoms with Crippen molar-refractivity contribution in [1.82, 2.24) is 9.88 Å². The highest BCUT2D eigenvalue weighted by molar-refractivity contribution is 5.61. The monoisotopic (exact) mass is 248 g/mol. The molecule has 0 amide bonds. The van der Waals surface area contributed by atoms with Gasteiger partial charge in [-0.3, -0.25) is 0 Å². The predicted octanol–water partition coefficient (Wildman–Crippen LogP) is 2.12. The van der Waals surface area contributed by atoms with Crippen molar-refractivity contribution in [3.63, 3.8) is 0 Å². The number of rotatable bonds is 4. The fourth-order valence-corrected chi connectivity index (χ4v) is 2.33. The van der Waals surface area contributed by atoms with E-state index in [1.165, 1.54) is 25.9 Å². The minimum absolute atomic E-state index is 0.730. The van der Waals surface area contributed by atoms with E-state index in [0.29, 0.717) is 0 Å². The van der Waals surface area contributed by atoms with Crippen molar-refractivity contribution < 1.29 is 0 Å². The number of nitrogens with two attached hydrogens (primary N) is 1. The van der Waals surface area contributed by atoms with Crippen molar-refractivity contribution in [1.29, 1.82) is 0 Å². The summed E-state index contributed by atoms with van der Waals surface area (Å²) in [5.41, 5.74) is 7.62. The second-order valence-electron chi connectivity index (χ2n) is 5.34. The van der Waals surface area contributed by atoms with E-state index in [4.69, 9.17) is 5.73 Å². The molecule has 2 heterocycles. The number of nitrogens with one attached hydrogen (secondary N) is 1. The molecule has 0 atom stereocenters. The fourth-order valence-electron chi connectivity index (χ4n) is 2.33. The highest BCUT2D eigenvalue weighted by atomic mass is 15.1. The Morgan fingerprint density at radius 3 is 2.83 bits per heavy atom. The van der Waals surface area contributed by atoms with Crippen LogP contribution < -0.4 is 11.1 Å². The molecule has 0 radical (unpaired) electrons. The van der Waals surface area contributed by atoms with Gasteiger partial charge in [0.1, 0.15) is 5.82 Å². The fraction of sp³-hybridized carbons (Fsp3) is 0.643. The third-order valence-electron chi connectivity index (χ3n) is 3.66. The summed E-state index contributed by atoms with van der Waals surface area (Å²) >= 11 is 0. The molecule has 18 heavy (non-hydrogen) atoms. The lowest BCUT2D eigenvalue weighted by Gasteiger charge is -2.30. The van der Waals surface area contributed by atoms with Crippen LogP contribution in [0.1, 0.15) is 25.5 Å². The Labute approximate surface area is 110 Å². The molecule has 1 aromatic heterocycles. The van der Waals surface area contributed by atoms with Gasteiger partial charge in [-0.15, -0.1) is 0 Å². The maximum Gasteiger partial charge on any atom is 0.149 e. The average molecular weight is 248 g/mol. The maximum absolute atomic E-state index is 5.89. The van der Waals surface area contributed by atoms with E-state index >= 15 is 0 Å². The zero-order valence-electron chi connectivity index (χ0n) is 11.4. The van der Waals surface area contributed by atoms with Gasteiger partial charge in [-0.25, -0.2) is 4.98 Å². The number of aryl methyl sites for hydroxylation is 1. The van der Waals surface area contributed by atoms with E-state index in [-0.39, 0.29) is 0 Å². The summed E-state index contributed by atoms with van der Waals surface area (Å²) in [4.78, 5) is 6.93. The normalized spacial score (nSPS) is 17.9. The number of nitrogens with zero attached hydrogens (tertiary/aromatic N) is 2. The summed E-state index contributed by atoms with van der Waals surface area (Å²) in [6, 6.07) is 3.85. The minimum atomic E-state index is 0.730. The van der Waals surface area contributed by atoms with E-state index in [2.05, 4.69) is 22.1 Å². The smallest absolute Gasteiger partial charge is 0.149 e. The van der Waals surface area contributed by atoms with Crippen LogP contribution in [0.15, 0.2) is 12.1 Å². The molecule has 0 saturated carbocycles. The molecular weight excluding hydrogens is 224 g/mol. The van der Waals surface area contributed by atoms with E-state index < -0.39 is 0 Å². The summed E-state index contributed by atoms with van der Waals surface area (Å²) in [5, 5.41) is 3.33. The highest BCUT2D eigenvalue weighted by Gasteiger charge is 2.14. The highest BCUT2D eigenvalue weighted by Crippen LogP contribution is 2.17. The summed E-state index contributed by atoms with van der Waals surface area (Å²) in [5.74, 6) is 1.71. The van der Waals surface area contributed by atoms with E-state index in [0.717, 1.165) is 36.2 Å². The molecule has 1 aliphatic heterocycles. The first kappa shape index (κ1) is 13.1. The maximum atomic E-state index is 5.89. The van der Waals surface area contributed by atoms with Crippen LogP contribution in [-0.4, -0.2) is 36.1 Å². The first-order chi connectivity index (χ1) is 8.65. The molecule has 1 saturated heterocycles. The molecule has 0 bridgehead atoms. The first-order valence-corrected chi connectivity index (χ1v) is 6.84. The number of likely N-dealkylation sites (tertiary alicyclic amines) is 1. The molecule has 2 rings (SSSR count). The van der Waals surface area contributed by atoms with Gasteiger partial charge in [-0.2, -0.15) is 0 Å². The van der Waals surface area contributed by atoms with Crippen LogP contribution in [0.5, 0.6) is 0 Å². The number of hydrogen-bond acceptors (Lipinski definition) is 4. The average Bonchev–Trinajstić information content (AvgIpc) is 2.36. The number of aromatic nitrogens is 1. The van der Waals surface area contributed by atoms with Gasteiger partial charge in [-0.05, 0) is 50.9 Å². The number of piperidine rings is 1. The third-order valence-corrected chi connectivity index (χ3v) is 3.66. The Hall–Kier alpha value is -1.29.